The average Bonchev–Trinajstić information content (AvgIpc) is 2.58. The van der Waals surface area contributed by atoms with Crippen molar-refractivity contribution in [2.75, 3.05) is 11.4 Å². The standard InChI is InChI=1S/C19H20F3NO2/c20-19(21,22)13-7-8-14-12(10-13)11-18(15-4-1-2-9-23(14)15)16(24)5-3-6-17(18)25/h7-8,10,15H,1-6,9,11H2/t15-/m1/s1. The molecule has 134 valence electrons. The highest BCUT2D eigenvalue weighted by Gasteiger charge is 2.57. The summed E-state index contributed by atoms with van der Waals surface area (Å²) in [5.41, 5.74) is -0.616. The van der Waals surface area contributed by atoms with Crippen LogP contribution < -0.4 is 4.90 Å². The van der Waals surface area contributed by atoms with Crippen LogP contribution in [0.25, 0.3) is 0 Å². The van der Waals surface area contributed by atoms with Gasteiger partial charge in [0.1, 0.15) is 17.0 Å². The van der Waals surface area contributed by atoms with E-state index in [1.54, 1.807) is 0 Å². The Morgan fingerprint density at radius 1 is 1.04 bits per heavy atom. The number of Topliss-reactive ketones (excluding diaryl/α,β-unsaturated/α-hetero) is 2. The zero-order chi connectivity index (χ0) is 17.8. The number of anilines is 1. The number of nitrogens with zero attached hydrogens (tertiary/aromatic N) is 1. The Balaban J connectivity index is 1.87. The van der Waals surface area contributed by atoms with Gasteiger partial charge in [0.2, 0.25) is 0 Å². The van der Waals surface area contributed by atoms with Gasteiger partial charge in [-0.25, -0.2) is 0 Å². The van der Waals surface area contributed by atoms with Crippen LogP contribution in [0.5, 0.6) is 0 Å². The quantitative estimate of drug-likeness (QED) is 0.665. The highest BCUT2D eigenvalue weighted by Crippen LogP contribution is 2.50. The van der Waals surface area contributed by atoms with E-state index in [1.165, 1.54) is 6.07 Å². The van der Waals surface area contributed by atoms with Crippen LogP contribution in [0.15, 0.2) is 18.2 Å². The fourth-order valence-electron chi connectivity index (χ4n) is 4.91. The van der Waals surface area contributed by atoms with Crippen LogP contribution in [0.2, 0.25) is 0 Å². The van der Waals surface area contributed by atoms with Crippen LogP contribution in [0.1, 0.15) is 49.7 Å². The second-order valence-electron chi connectivity index (χ2n) is 7.39. The van der Waals surface area contributed by atoms with Crippen LogP contribution in [-0.4, -0.2) is 24.2 Å². The molecule has 0 amide bonds. The lowest BCUT2D eigenvalue weighted by molar-refractivity contribution is -0.146. The number of carbonyl (C=O) groups is 2. The number of benzene rings is 1. The Morgan fingerprint density at radius 2 is 1.76 bits per heavy atom. The highest BCUT2D eigenvalue weighted by atomic mass is 19.4. The van der Waals surface area contributed by atoms with E-state index in [9.17, 15) is 22.8 Å². The van der Waals surface area contributed by atoms with Crippen molar-refractivity contribution in [2.24, 2.45) is 5.41 Å². The predicted octanol–water partition coefficient (Wildman–Crippen LogP) is 3.93. The van der Waals surface area contributed by atoms with Gasteiger partial charge < -0.3 is 4.90 Å². The molecule has 1 saturated heterocycles. The van der Waals surface area contributed by atoms with Crippen LogP contribution >= 0.6 is 0 Å². The Morgan fingerprint density at radius 3 is 2.44 bits per heavy atom. The first-order valence-electron chi connectivity index (χ1n) is 8.87. The van der Waals surface area contributed by atoms with E-state index in [-0.39, 0.29) is 24.0 Å². The van der Waals surface area contributed by atoms with Gasteiger partial charge in [-0.15, -0.1) is 0 Å². The van der Waals surface area contributed by atoms with E-state index in [1.807, 2.05) is 4.90 Å². The van der Waals surface area contributed by atoms with E-state index < -0.39 is 17.2 Å². The molecule has 0 unspecified atom stereocenters. The largest absolute Gasteiger partial charge is 0.416 e. The van der Waals surface area contributed by atoms with Gasteiger partial charge in [-0.2, -0.15) is 13.2 Å². The fraction of sp³-hybridized carbons (Fsp3) is 0.579. The highest BCUT2D eigenvalue weighted by molar-refractivity contribution is 6.11. The zero-order valence-corrected chi connectivity index (χ0v) is 13.9. The van der Waals surface area contributed by atoms with E-state index >= 15 is 0 Å². The normalized spacial score (nSPS) is 25.7. The third-order valence-corrected chi connectivity index (χ3v) is 6.06. The molecule has 1 aliphatic carbocycles. The first-order chi connectivity index (χ1) is 11.8. The minimum Gasteiger partial charge on any atom is -0.367 e. The third-order valence-electron chi connectivity index (χ3n) is 6.06. The lowest BCUT2D eigenvalue weighted by Crippen LogP contribution is -2.62. The van der Waals surface area contributed by atoms with Gasteiger partial charge in [0, 0.05) is 31.1 Å². The molecular formula is C19H20F3NO2. The molecule has 2 fully saturated rings. The number of fused-ring (bicyclic) bond motifs is 4. The molecule has 0 aromatic heterocycles. The first-order valence-corrected chi connectivity index (χ1v) is 8.87. The predicted molar refractivity (Wildman–Crippen MR) is 86.4 cm³/mol. The number of halogens is 3. The number of carbonyl (C=O) groups excluding carboxylic acids is 2. The number of hydrogen-bond acceptors (Lipinski definition) is 3. The maximum Gasteiger partial charge on any atom is 0.416 e. The molecule has 3 aliphatic rings. The fourth-order valence-corrected chi connectivity index (χ4v) is 4.91. The summed E-state index contributed by atoms with van der Waals surface area (Å²) in [5, 5.41) is 0. The van der Waals surface area contributed by atoms with E-state index in [0.717, 1.165) is 37.1 Å². The zero-order valence-electron chi connectivity index (χ0n) is 13.9. The molecule has 1 atom stereocenters. The molecule has 2 aliphatic heterocycles. The molecule has 1 spiro atoms. The van der Waals surface area contributed by atoms with Crippen molar-refractivity contribution in [2.45, 2.75) is 57.2 Å². The minimum atomic E-state index is -4.43. The molecule has 25 heavy (non-hydrogen) atoms. The van der Waals surface area contributed by atoms with Crippen molar-refractivity contribution in [3.8, 4) is 0 Å². The summed E-state index contributed by atoms with van der Waals surface area (Å²) in [6.07, 6.45) is -0.435. The van der Waals surface area contributed by atoms with Crippen LogP contribution in [0, 0.1) is 5.41 Å². The average molecular weight is 351 g/mol. The Hall–Kier alpha value is -1.85. The Labute approximate surface area is 144 Å². The molecule has 6 heteroatoms. The van der Waals surface area contributed by atoms with E-state index in [0.29, 0.717) is 31.4 Å². The molecule has 0 N–H and O–H groups in total. The van der Waals surface area contributed by atoms with Crippen LogP contribution in [0.3, 0.4) is 0 Å². The molecule has 4 rings (SSSR count). The lowest BCUT2D eigenvalue weighted by Gasteiger charge is -2.53. The molecule has 1 aromatic rings. The summed E-state index contributed by atoms with van der Waals surface area (Å²) in [6.45, 7) is 0.686. The van der Waals surface area contributed by atoms with Gasteiger partial charge in [-0.1, -0.05) is 0 Å². The third kappa shape index (κ3) is 2.41. The van der Waals surface area contributed by atoms with Crippen molar-refractivity contribution in [3.63, 3.8) is 0 Å². The molecule has 0 radical (unpaired) electrons. The van der Waals surface area contributed by atoms with Gasteiger partial charge >= 0.3 is 6.18 Å². The summed E-state index contributed by atoms with van der Waals surface area (Å²) in [6, 6.07) is 3.55. The Bertz CT molecular complexity index is 725. The van der Waals surface area contributed by atoms with Gasteiger partial charge in [0.25, 0.3) is 0 Å². The summed E-state index contributed by atoms with van der Waals surface area (Å²) in [4.78, 5) is 27.7. The summed E-state index contributed by atoms with van der Waals surface area (Å²) >= 11 is 0. The first kappa shape index (κ1) is 16.6. The molecule has 0 bridgehead atoms. The molecular weight excluding hydrogens is 331 g/mol. The topological polar surface area (TPSA) is 37.4 Å². The molecule has 2 heterocycles. The second kappa shape index (κ2) is 5.58. The van der Waals surface area contributed by atoms with Crippen molar-refractivity contribution >= 4 is 17.3 Å². The van der Waals surface area contributed by atoms with Gasteiger partial charge in [-0.05, 0) is 55.9 Å². The van der Waals surface area contributed by atoms with Crippen molar-refractivity contribution in [1.82, 2.24) is 0 Å². The van der Waals surface area contributed by atoms with E-state index in [2.05, 4.69) is 0 Å². The number of ketones is 2. The maximum absolute atomic E-state index is 13.1. The minimum absolute atomic E-state index is 0.0799. The molecule has 1 saturated carbocycles. The summed E-state index contributed by atoms with van der Waals surface area (Å²) < 4.78 is 39.4. The smallest absolute Gasteiger partial charge is 0.367 e. The number of rotatable bonds is 0. The van der Waals surface area contributed by atoms with Crippen molar-refractivity contribution in [1.29, 1.82) is 0 Å². The summed E-state index contributed by atoms with van der Waals surface area (Å²) in [5.74, 6) is -0.160. The number of hydrogen-bond donors (Lipinski definition) is 0. The molecule has 1 aromatic carbocycles. The SMILES string of the molecule is O=C1CCCC(=O)C12Cc1cc(C(F)(F)F)ccc1N1CCCC[C@@H]12. The molecule has 3 nitrogen and oxygen atoms in total. The monoisotopic (exact) mass is 351 g/mol. The maximum atomic E-state index is 13.1. The van der Waals surface area contributed by atoms with Gasteiger partial charge in [0.15, 0.2) is 0 Å². The Kier molecular flexibility index (Phi) is 3.71. The number of alkyl halides is 3. The lowest BCUT2D eigenvalue weighted by atomic mass is 9.60. The van der Waals surface area contributed by atoms with Crippen molar-refractivity contribution in [3.05, 3.63) is 29.3 Å². The van der Waals surface area contributed by atoms with Crippen molar-refractivity contribution < 1.29 is 22.8 Å². The second-order valence-corrected chi connectivity index (χ2v) is 7.39. The van der Waals surface area contributed by atoms with Gasteiger partial charge in [-0.3, -0.25) is 9.59 Å². The number of piperidine rings is 1. The van der Waals surface area contributed by atoms with Crippen LogP contribution in [-0.2, 0) is 22.2 Å². The summed E-state index contributed by atoms with van der Waals surface area (Å²) in [7, 11) is 0. The van der Waals surface area contributed by atoms with Gasteiger partial charge in [0.05, 0.1) is 5.56 Å². The van der Waals surface area contributed by atoms with E-state index in [4.69, 9.17) is 0 Å². The van der Waals surface area contributed by atoms with Crippen LogP contribution in [0.4, 0.5) is 18.9 Å².